The summed E-state index contributed by atoms with van der Waals surface area (Å²) in [4.78, 5) is 13.4. The number of hydrogen-bond acceptors (Lipinski definition) is 2. The average molecular weight is 169 g/mol. The Labute approximate surface area is 74.9 Å². The van der Waals surface area contributed by atoms with Crippen LogP contribution in [0.4, 0.5) is 0 Å². The zero-order chi connectivity index (χ0) is 9.14. The van der Waals surface area contributed by atoms with Gasteiger partial charge in [-0.3, -0.25) is 9.69 Å². The number of rotatable bonds is 2. The Morgan fingerprint density at radius 2 is 1.67 bits per heavy atom. The molecular formula is C10H19NO. The molecule has 0 aromatic rings. The van der Waals surface area contributed by atoms with Gasteiger partial charge in [0.15, 0.2) is 0 Å². The fourth-order valence-corrected chi connectivity index (χ4v) is 1.60. The van der Waals surface area contributed by atoms with Crippen molar-refractivity contribution >= 4 is 5.78 Å². The SMILES string of the molecule is CC(C)C(C)N1CCC(=O)CC1. The van der Waals surface area contributed by atoms with E-state index in [-0.39, 0.29) is 0 Å². The Morgan fingerprint density at radius 1 is 1.17 bits per heavy atom. The van der Waals surface area contributed by atoms with Gasteiger partial charge in [0.1, 0.15) is 5.78 Å². The first-order valence-electron chi connectivity index (χ1n) is 4.87. The van der Waals surface area contributed by atoms with E-state index in [2.05, 4.69) is 25.7 Å². The molecule has 1 heterocycles. The summed E-state index contributed by atoms with van der Waals surface area (Å²) in [6, 6.07) is 0.623. The molecule has 1 saturated heterocycles. The average Bonchev–Trinajstić information content (AvgIpc) is 2.04. The molecule has 1 aliphatic heterocycles. The molecule has 1 rings (SSSR count). The van der Waals surface area contributed by atoms with Crippen LogP contribution in [-0.4, -0.2) is 29.8 Å². The summed E-state index contributed by atoms with van der Waals surface area (Å²) < 4.78 is 0. The van der Waals surface area contributed by atoms with Crippen molar-refractivity contribution in [1.29, 1.82) is 0 Å². The summed E-state index contributed by atoms with van der Waals surface area (Å²) in [5.74, 6) is 1.13. The maximum atomic E-state index is 11.0. The van der Waals surface area contributed by atoms with Crippen molar-refractivity contribution in [3.8, 4) is 0 Å². The summed E-state index contributed by atoms with van der Waals surface area (Å²) in [5.41, 5.74) is 0. The van der Waals surface area contributed by atoms with Crippen LogP contribution in [0, 0.1) is 5.92 Å². The molecule has 1 fully saturated rings. The lowest BCUT2D eigenvalue weighted by molar-refractivity contribution is -0.122. The molecule has 2 nitrogen and oxygen atoms in total. The van der Waals surface area contributed by atoms with Gasteiger partial charge in [0, 0.05) is 32.0 Å². The Morgan fingerprint density at radius 3 is 2.08 bits per heavy atom. The minimum absolute atomic E-state index is 0.433. The molecule has 12 heavy (non-hydrogen) atoms. The summed E-state index contributed by atoms with van der Waals surface area (Å²) in [7, 11) is 0. The highest BCUT2D eigenvalue weighted by atomic mass is 16.1. The molecule has 0 aliphatic carbocycles. The third-order valence-corrected chi connectivity index (χ3v) is 2.90. The normalized spacial score (nSPS) is 23.2. The van der Waals surface area contributed by atoms with Gasteiger partial charge in [-0.25, -0.2) is 0 Å². The molecule has 0 N–H and O–H groups in total. The number of Topliss-reactive ketones (excluding diaryl/α,β-unsaturated/α-hetero) is 1. The molecule has 0 aromatic carbocycles. The predicted octanol–water partition coefficient (Wildman–Crippen LogP) is 1.70. The van der Waals surface area contributed by atoms with Crippen molar-refractivity contribution in [1.82, 2.24) is 4.90 Å². The zero-order valence-electron chi connectivity index (χ0n) is 8.34. The van der Waals surface area contributed by atoms with E-state index in [0.717, 1.165) is 25.9 Å². The van der Waals surface area contributed by atoms with Crippen molar-refractivity contribution in [3.05, 3.63) is 0 Å². The molecule has 0 radical (unpaired) electrons. The zero-order valence-corrected chi connectivity index (χ0v) is 8.34. The molecule has 70 valence electrons. The first-order valence-corrected chi connectivity index (χ1v) is 4.87. The number of carbonyl (C=O) groups excluding carboxylic acids is 1. The van der Waals surface area contributed by atoms with Gasteiger partial charge in [-0.1, -0.05) is 13.8 Å². The molecule has 0 saturated carbocycles. The van der Waals surface area contributed by atoms with Crippen molar-refractivity contribution in [2.45, 2.75) is 39.7 Å². The Kier molecular flexibility index (Phi) is 3.27. The maximum Gasteiger partial charge on any atom is 0.135 e. The van der Waals surface area contributed by atoms with Crippen LogP contribution >= 0.6 is 0 Å². The molecular weight excluding hydrogens is 150 g/mol. The molecule has 0 amide bonds. The third kappa shape index (κ3) is 2.31. The lowest BCUT2D eigenvalue weighted by Crippen LogP contribution is -2.42. The molecule has 0 spiro atoms. The second-order valence-electron chi connectivity index (χ2n) is 4.06. The van der Waals surface area contributed by atoms with Gasteiger partial charge in [-0.2, -0.15) is 0 Å². The number of carbonyl (C=O) groups is 1. The van der Waals surface area contributed by atoms with Crippen molar-refractivity contribution < 1.29 is 4.79 Å². The molecule has 0 aromatic heterocycles. The minimum atomic E-state index is 0.433. The van der Waals surface area contributed by atoms with E-state index in [4.69, 9.17) is 0 Å². The number of ketones is 1. The highest BCUT2D eigenvalue weighted by Gasteiger charge is 2.21. The number of hydrogen-bond donors (Lipinski definition) is 0. The largest absolute Gasteiger partial charge is 0.300 e. The van der Waals surface area contributed by atoms with E-state index >= 15 is 0 Å². The second-order valence-corrected chi connectivity index (χ2v) is 4.06. The van der Waals surface area contributed by atoms with Crippen molar-refractivity contribution in [2.75, 3.05) is 13.1 Å². The van der Waals surface area contributed by atoms with Crippen LogP contribution in [0.15, 0.2) is 0 Å². The van der Waals surface area contributed by atoms with Crippen LogP contribution in [-0.2, 0) is 4.79 Å². The number of nitrogens with zero attached hydrogens (tertiary/aromatic N) is 1. The first kappa shape index (κ1) is 9.72. The van der Waals surface area contributed by atoms with E-state index in [1.165, 1.54) is 0 Å². The van der Waals surface area contributed by atoms with Crippen LogP contribution in [0.3, 0.4) is 0 Å². The molecule has 2 heteroatoms. The van der Waals surface area contributed by atoms with E-state index < -0.39 is 0 Å². The van der Waals surface area contributed by atoms with Gasteiger partial charge in [-0.05, 0) is 12.8 Å². The Bertz CT molecular complexity index is 155. The monoisotopic (exact) mass is 169 g/mol. The summed E-state index contributed by atoms with van der Waals surface area (Å²) in [5, 5.41) is 0. The summed E-state index contributed by atoms with van der Waals surface area (Å²) >= 11 is 0. The topological polar surface area (TPSA) is 20.3 Å². The predicted molar refractivity (Wildman–Crippen MR) is 50.1 cm³/mol. The van der Waals surface area contributed by atoms with Crippen LogP contribution in [0.5, 0.6) is 0 Å². The molecule has 0 bridgehead atoms. The van der Waals surface area contributed by atoms with Crippen LogP contribution in [0.25, 0.3) is 0 Å². The van der Waals surface area contributed by atoms with Gasteiger partial charge in [0.05, 0.1) is 0 Å². The standard InChI is InChI=1S/C10H19NO/c1-8(2)9(3)11-6-4-10(12)5-7-11/h8-9H,4-7H2,1-3H3. The maximum absolute atomic E-state index is 11.0. The van der Waals surface area contributed by atoms with Crippen molar-refractivity contribution in [3.63, 3.8) is 0 Å². The van der Waals surface area contributed by atoms with E-state index in [0.29, 0.717) is 17.7 Å². The fraction of sp³-hybridized carbons (Fsp3) is 0.900. The first-order chi connectivity index (χ1) is 5.61. The van der Waals surface area contributed by atoms with Gasteiger partial charge in [0.25, 0.3) is 0 Å². The van der Waals surface area contributed by atoms with Gasteiger partial charge in [-0.15, -0.1) is 0 Å². The third-order valence-electron chi connectivity index (χ3n) is 2.90. The van der Waals surface area contributed by atoms with Gasteiger partial charge < -0.3 is 0 Å². The second kappa shape index (κ2) is 4.04. The molecule has 1 unspecified atom stereocenters. The lowest BCUT2D eigenvalue weighted by atomic mass is 10.0. The van der Waals surface area contributed by atoms with Gasteiger partial charge in [0.2, 0.25) is 0 Å². The Balaban J connectivity index is 2.38. The number of likely N-dealkylation sites (tertiary alicyclic amines) is 1. The highest BCUT2D eigenvalue weighted by molar-refractivity contribution is 5.79. The summed E-state index contributed by atoms with van der Waals surface area (Å²) in [6.07, 6.45) is 1.52. The molecule has 1 aliphatic rings. The smallest absolute Gasteiger partial charge is 0.135 e. The summed E-state index contributed by atoms with van der Waals surface area (Å²) in [6.45, 7) is 8.67. The van der Waals surface area contributed by atoms with Crippen LogP contribution < -0.4 is 0 Å². The van der Waals surface area contributed by atoms with E-state index in [1.807, 2.05) is 0 Å². The van der Waals surface area contributed by atoms with E-state index in [1.54, 1.807) is 0 Å². The highest BCUT2D eigenvalue weighted by Crippen LogP contribution is 2.14. The van der Waals surface area contributed by atoms with Crippen LogP contribution in [0.2, 0.25) is 0 Å². The number of piperidine rings is 1. The van der Waals surface area contributed by atoms with Gasteiger partial charge >= 0.3 is 0 Å². The van der Waals surface area contributed by atoms with E-state index in [9.17, 15) is 4.79 Å². The lowest BCUT2D eigenvalue weighted by Gasteiger charge is -2.34. The minimum Gasteiger partial charge on any atom is -0.300 e. The van der Waals surface area contributed by atoms with Crippen molar-refractivity contribution in [2.24, 2.45) is 5.92 Å². The fourth-order valence-electron chi connectivity index (χ4n) is 1.60. The Hall–Kier alpha value is -0.370. The quantitative estimate of drug-likeness (QED) is 0.627. The molecule has 1 atom stereocenters. The van der Waals surface area contributed by atoms with Crippen LogP contribution in [0.1, 0.15) is 33.6 Å².